The average Bonchev–Trinajstić information content (AvgIpc) is 3.37. The molecule has 0 saturated heterocycles. The van der Waals surface area contributed by atoms with Crippen molar-refractivity contribution in [3.8, 4) is 17.1 Å². The molecule has 0 saturated carbocycles. The van der Waals surface area contributed by atoms with Crippen LogP contribution in [0.5, 0.6) is 5.75 Å². The number of rotatable bonds is 10. The number of nitrogens with zero attached hydrogens (tertiary/aromatic N) is 2. The van der Waals surface area contributed by atoms with Gasteiger partial charge in [-0.05, 0) is 76.1 Å². The fourth-order valence-electron chi connectivity index (χ4n) is 6.47. The third kappa shape index (κ3) is 7.03. The Morgan fingerprint density at radius 1 is 1.10 bits per heavy atom. The Morgan fingerprint density at radius 2 is 1.84 bits per heavy atom. The third-order valence-corrected chi connectivity index (χ3v) is 11.6. The summed E-state index contributed by atoms with van der Waals surface area (Å²) in [7, 11) is -1.43. The number of benzene rings is 1. The Labute approximate surface area is 287 Å². The second-order valence-electron chi connectivity index (χ2n) is 13.9. The van der Waals surface area contributed by atoms with Crippen molar-refractivity contribution < 1.29 is 38.1 Å². The van der Waals surface area contributed by atoms with Gasteiger partial charge in [0.2, 0.25) is 5.60 Å². The van der Waals surface area contributed by atoms with Gasteiger partial charge in [0.25, 0.3) is 5.56 Å². The molecule has 0 fully saturated rings. The van der Waals surface area contributed by atoms with Gasteiger partial charge in [-0.2, -0.15) is 0 Å². The minimum Gasteiger partial charge on any atom is -0.457 e. The molecule has 2 aliphatic rings. The summed E-state index contributed by atoms with van der Waals surface area (Å²) in [6, 6.07) is 7.10. The van der Waals surface area contributed by atoms with E-state index in [9.17, 15) is 24.0 Å². The molecule has 2 aromatic heterocycles. The fraction of sp³-hybridized carbons (Fsp3) is 0.500. The molecule has 3 aromatic rings. The second-order valence-corrected chi connectivity index (χ2v) is 17.8. The van der Waals surface area contributed by atoms with Gasteiger partial charge in [0.05, 0.1) is 35.4 Å². The number of carbonyl (C=O) groups excluding carboxylic acids is 4. The number of hydrogen-bond donors (Lipinski definition) is 1. The molecule has 1 aromatic carbocycles. The Balaban J connectivity index is 1.59. The lowest BCUT2D eigenvalue weighted by Crippen LogP contribution is -2.47. The van der Waals surface area contributed by atoms with E-state index in [1.54, 1.807) is 44.4 Å². The summed E-state index contributed by atoms with van der Waals surface area (Å²) in [6.45, 7) is 10.3. The number of esters is 3. The van der Waals surface area contributed by atoms with Crippen LogP contribution in [0.25, 0.3) is 22.3 Å². The van der Waals surface area contributed by atoms with E-state index in [1.165, 1.54) is 6.92 Å². The minimum absolute atomic E-state index is 0.0172. The van der Waals surface area contributed by atoms with Crippen molar-refractivity contribution in [2.45, 2.75) is 96.5 Å². The highest BCUT2D eigenvalue weighted by Gasteiger charge is 2.50. The molecule has 264 valence electrons. The van der Waals surface area contributed by atoms with E-state index in [2.05, 4.69) is 24.8 Å². The molecule has 49 heavy (non-hydrogen) atoms. The van der Waals surface area contributed by atoms with Gasteiger partial charge >= 0.3 is 24.0 Å². The molecule has 1 amide bonds. The smallest absolute Gasteiger partial charge is 0.407 e. The summed E-state index contributed by atoms with van der Waals surface area (Å²) in [5.74, 6) is -0.570. The number of ether oxygens (including phenoxy) is 4. The Morgan fingerprint density at radius 3 is 2.49 bits per heavy atom. The van der Waals surface area contributed by atoms with Gasteiger partial charge in [0, 0.05) is 34.9 Å². The predicted octanol–water partition coefficient (Wildman–Crippen LogP) is 5.69. The number of pyridine rings is 2. The predicted molar refractivity (Wildman–Crippen MR) is 186 cm³/mol. The Bertz CT molecular complexity index is 1910. The molecule has 0 spiro atoms. The first-order valence-corrected chi connectivity index (χ1v) is 19.1. The lowest BCUT2D eigenvalue weighted by atomic mass is 9.85. The molecule has 0 unspecified atom stereocenters. The third-order valence-electron chi connectivity index (χ3n) is 8.68. The number of cyclic esters (lactones) is 1. The van der Waals surface area contributed by atoms with Gasteiger partial charge < -0.3 is 28.8 Å². The van der Waals surface area contributed by atoms with Crippen LogP contribution in [0, 0.1) is 0 Å². The van der Waals surface area contributed by atoms with Crippen LogP contribution >= 0.6 is 10.0 Å². The Hall–Kier alpha value is -4.39. The van der Waals surface area contributed by atoms with E-state index in [1.807, 2.05) is 12.1 Å². The normalized spacial score (nSPS) is 17.0. The first-order chi connectivity index (χ1) is 23.0. The maximum Gasteiger partial charge on any atom is 0.407 e. The van der Waals surface area contributed by atoms with Crippen LogP contribution < -0.4 is 15.6 Å². The van der Waals surface area contributed by atoms with Crippen LogP contribution in [-0.2, 0) is 47.3 Å². The zero-order chi connectivity index (χ0) is 35.9. The number of nitrogens with one attached hydrogen (secondary N) is 1. The molecule has 0 radical (unpaired) electrons. The first kappa shape index (κ1) is 35.9. The number of hydrogen-bond acceptors (Lipinski definition) is 10. The Kier molecular flexibility index (Phi) is 9.89. The van der Waals surface area contributed by atoms with Crippen molar-refractivity contribution in [2.75, 3.05) is 24.8 Å². The average molecular weight is 696 g/mol. The van der Waals surface area contributed by atoms with Crippen LogP contribution in [0.4, 0.5) is 4.79 Å². The molecule has 5 rings (SSSR count). The first-order valence-electron chi connectivity index (χ1n) is 16.5. The van der Waals surface area contributed by atoms with Crippen LogP contribution in [0.15, 0.2) is 34.0 Å². The van der Waals surface area contributed by atoms with E-state index in [0.29, 0.717) is 22.7 Å². The fourth-order valence-corrected chi connectivity index (χ4v) is 9.27. The van der Waals surface area contributed by atoms with Crippen molar-refractivity contribution in [3.05, 3.63) is 51.3 Å². The largest absolute Gasteiger partial charge is 0.457 e. The van der Waals surface area contributed by atoms with E-state index in [-0.39, 0.29) is 49.2 Å². The maximum absolute atomic E-state index is 14.2. The number of aromatic nitrogens is 2. The zero-order valence-electron chi connectivity index (χ0n) is 29.4. The van der Waals surface area contributed by atoms with E-state index in [0.717, 1.165) is 34.4 Å². The maximum atomic E-state index is 14.2. The lowest BCUT2D eigenvalue weighted by Gasteiger charge is -2.35. The van der Waals surface area contributed by atoms with Crippen molar-refractivity contribution in [3.63, 3.8) is 0 Å². The van der Waals surface area contributed by atoms with Gasteiger partial charge in [0.15, 0.2) is 0 Å². The van der Waals surface area contributed by atoms with Crippen molar-refractivity contribution in [1.82, 2.24) is 14.9 Å². The van der Waals surface area contributed by atoms with Gasteiger partial charge in [-0.3, -0.25) is 14.4 Å². The standard InChI is InChI=1S/C36H45N3O9S/c1-9-11-16-49(7,8)31-23-17-22(46-21(3)40)12-13-27(23)38-30-24(31)19-39-28(30)18-26-25(32(39)42)20-45-33(43)36(26,10-2)47-29(41)14-15-37-34(44)48-35(4,5)6/h12-13,17-18H,9-11,14-16,19-20H2,1-8H3,(H,37,44)/t36-/m0/s1. The summed E-state index contributed by atoms with van der Waals surface area (Å²) in [4.78, 5) is 70.8. The highest BCUT2D eigenvalue weighted by Crippen LogP contribution is 2.57. The summed E-state index contributed by atoms with van der Waals surface area (Å²) in [6.07, 6.45) is 5.63. The van der Waals surface area contributed by atoms with Gasteiger partial charge in [-0.15, -0.1) is 0 Å². The van der Waals surface area contributed by atoms with Gasteiger partial charge in [-0.25, -0.2) is 24.6 Å². The lowest BCUT2D eigenvalue weighted by molar-refractivity contribution is -0.189. The molecule has 1 N–H and O–H groups in total. The van der Waals surface area contributed by atoms with E-state index in [4.69, 9.17) is 23.9 Å². The number of alkyl carbamates (subject to hydrolysis) is 1. The molecular formula is C36H45N3O9S. The number of amides is 1. The molecule has 12 nitrogen and oxygen atoms in total. The number of unbranched alkanes of at least 4 members (excludes halogenated alkanes) is 1. The highest BCUT2D eigenvalue weighted by molar-refractivity contribution is 8.32. The van der Waals surface area contributed by atoms with Crippen LogP contribution in [0.3, 0.4) is 0 Å². The monoisotopic (exact) mass is 695 g/mol. The molecule has 1 atom stereocenters. The second kappa shape index (κ2) is 13.5. The van der Waals surface area contributed by atoms with E-state index < -0.39 is 45.2 Å². The molecule has 4 heterocycles. The van der Waals surface area contributed by atoms with Crippen LogP contribution in [0.2, 0.25) is 0 Å². The van der Waals surface area contributed by atoms with Crippen molar-refractivity contribution in [1.29, 1.82) is 0 Å². The quantitative estimate of drug-likeness (QED) is 0.124. The molecular weight excluding hydrogens is 650 g/mol. The van der Waals surface area contributed by atoms with Gasteiger partial charge in [0.1, 0.15) is 18.0 Å². The number of carbonyl (C=O) groups is 4. The molecule has 13 heteroatoms. The molecule has 2 aliphatic heterocycles. The topological polar surface area (TPSA) is 152 Å². The summed E-state index contributed by atoms with van der Waals surface area (Å²) in [5.41, 5.74) is 0.319. The SMILES string of the molecule is CCCCS(C)(C)c1c2c(nc3ccc(OC(C)=O)cc13)-c1cc3c(c(=O)n1C2)COC(=O)[C@@]3(CC)OC(=O)CCNC(=O)OC(C)(C)C. The van der Waals surface area contributed by atoms with E-state index >= 15 is 0 Å². The summed E-state index contributed by atoms with van der Waals surface area (Å²) in [5, 5.41) is 3.39. The zero-order valence-corrected chi connectivity index (χ0v) is 30.3. The summed E-state index contributed by atoms with van der Waals surface area (Å²) >= 11 is 0. The molecule has 0 bridgehead atoms. The van der Waals surface area contributed by atoms with Crippen molar-refractivity contribution >= 4 is 44.9 Å². The van der Waals surface area contributed by atoms with Crippen LogP contribution in [-0.4, -0.2) is 64.0 Å². The van der Waals surface area contributed by atoms with Crippen LogP contribution in [0.1, 0.15) is 83.9 Å². The summed E-state index contributed by atoms with van der Waals surface area (Å²) < 4.78 is 23.7. The number of fused-ring (bicyclic) bond motifs is 5. The van der Waals surface area contributed by atoms with Gasteiger partial charge in [-0.1, -0.05) is 20.3 Å². The molecule has 0 aliphatic carbocycles. The van der Waals surface area contributed by atoms with Crippen molar-refractivity contribution in [2.24, 2.45) is 0 Å². The highest BCUT2D eigenvalue weighted by atomic mass is 32.3. The minimum atomic E-state index is -1.86.